The van der Waals surface area contributed by atoms with Crippen LogP contribution in [-0.2, 0) is 12.8 Å². The van der Waals surface area contributed by atoms with Gasteiger partial charge in [0.25, 0.3) is 0 Å². The van der Waals surface area contributed by atoms with E-state index in [1.807, 2.05) is 0 Å². The smallest absolute Gasteiger partial charge is 0.143 e. The van der Waals surface area contributed by atoms with Crippen LogP contribution in [-0.4, -0.2) is 0 Å². The first-order chi connectivity index (χ1) is 13.8. The Labute approximate surface area is 193 Å². The fraction of sp³-hybridized carbons (Fsp3) is 0.643. The number of aryl methyl sites for hydroxylation is 2. The summed E-state index contributed by atoms with van der Waals surface area (Å²) in [7, 11) is 0. The van der Waals surface area contributed by atoms with Gasteiger partial charge in [-0.05, 0) is 6.42 Å². The van der Waals surface area contributed by atoms with Crippen LogP contribution in [0, 0.1) is 6.07 Å². The van der Waals surface area contributed by atoms with E-state index in [0.717, 1.165) is 0 Å². The molecule has 0 nitrogen and oxygen atoms in total. The van der Waals surface area contributed by atoms with Gasteiger partial charge >= 0.3 is 18.9 Å². The SMILES string of the molecule is CCCCCCCCCc1[c-]c2ccccc2cc1CCCCCCCCC.[Li+]. The summed E-state index contributed by atoms with van der Waals surface area (Å²) in [6.07, 6.45) is 21.8. The molecule has 0 atom stereocenters. The minimum atomic E-state index is 0. The number of fused-ring (bicyclic) bond motifs is 1. The molecule has 0 fully saturated rings. The molecule has 1 heteroatoms. The van der Waals surface area contributed by atoms with Gasteiger partial charge in [0.1, 0.15) is 0 Å². The molecule has 0 aliphatic carbocycles. The van der Waals surface area contributed by atoms with Gasteiger partial charge < -0.3 is 0 Å². The van der Waals surface area contributed by atoms with Gasteiger partial charge in [0, 0.05) is 0 Å². The van der Waals surface area contributed by atoms with Gasteiger partial charge in [-0.1, -0.05) is 122 Å². The summed E-state index contributed by atoms with van der Waals surface area (Å²) in [4.78, 5) is 0. The summed E-state index contributed by atoms with van der Waals surface area (Å²) >= 11 is 0. The molecule has 0 unspecified atom stereocenters. The maximum atomic E-state index is 3.78. The molecule has 0 bridgehead atoms. The molecule has 0 saturated heterocycles. The van der Waals surface area contributed by atoms with Crippen molar-refractivity contribution in [3.8, 4) is 0 Å². The van der Waals surface area contributed by atoms with Crippen molar-refractivity contribution >= 4 is 10.8 Å². The van der Waals surface area contributed by atoms with Gasteiger partial charge in [0.15, 0.2) is 0 Å². The first-order valence-electron chi connectivity index (χ1n) is 12.3. The Kier molecular flexibility index (Phi) is 15.5. The standard InChI is InChI=1S/C28H43.Li/c1-3-5-7-9-11-13-15-19-25-23-27-21-17-18-22-28(27)24-26(25)20-16-14-12-10-8-6-4-2;/h17-18,21-23H,3-16,19-20H2,1-2H3;/q-1;+1. The summed E-state index contributed by atoms with van der Waals surface area (Å²) in [6, 6.07) is 15.0. The van der Waals surface area contributed by atoms with Gasteiger partial charge in [0.2, 0.25) is 0 Å². The number of hydrogen-bond donors (Lipinski definition) is 0. The fourth-order valence-corrected chi connectivity index (χ4v) is 4.23. The summed E-state index contributed by atoms with van der Waals surface area (Å²) in [5.74, 6) is 0. The van der Waals surface area contributed by atoms with Crippen LogP contribution in [0.1, 0.15) is 115 Å². The Hall–Kier alpha value is -0.703. The molecule has 0 radical (unpaired) electrons. The third-order valence-corrected chi connectivity index (χ3v) is 6.04. The summed E-state index contributed by atoms with van der Waals surface area (Å²) in [6.45, 7) is 4.59. The minimum absolute atomic E-state index is 0. The number of rotatable bonds is 16. The topological polar surface area (TPSA) is 0 Å². The fourth-order valence-electron chi connectivity index (χ4n) is 4.23. The molecule has 0 aliphatic rings. The van der Waals surface area contributed by atoms with Gasteiger partial charge in [-0.2, -0.15) is 0 Å². The van der Waals surface area contributed by atoms with Crippen molar-refractivity contribution in [2.24, 2.45) is 0 Å². The van der Waals surface area contributed by atoms with Crippen LogP contribution < -0.4 is 18.9 Å². The molecule has 2 aromatic carbocycles. The molecule has 0 spiro atoms. The third-order valence-electron chi connectivity index (χ3n) is 6.04. The quantitative estimate of drug-likeness (QED) is 0.182. The van der Waals surface area contributed by atoms with Crippen LogP contribution >= 0.6 is 0 Å². The predicted molar refractivity (Wildman–Crippen MR) is 126 cm³/mol. The Balaban J connectivity index is 0.00000420. The van der Waals surface area contributed by atoms with Crippen molar-refractivity contribution < 1.29 is 18.9 Å². The largest absolute Gasteiger partial charge is 1.00 e. The van der Waals surface area contributed by atoms with Gasteiger partial charge in [-0.3, -0.25) is 0 Å². The normalized spacial score (nSPS) is 11.0. The first kappa shape index (κ1) is 26.3. The minimum Gasteiger partial charge on any atom is -0.143 e. The van der Waals surface area contributed by atoms with E-state index in [0.29, 0.717) is 0 Å². The third kappa shape index (κ3) is 10.8. The molecule has 0 aliphatic heterocycles. The van der Waals surface area contributed by atoms with Crippen molar-refractivity contribution in [3.05, 3.63) is 47.5 Å². The van der Waals surface area contributed by atoms with E-state index in [4.69, 9.17) is 0 Å². The summed E-state index contributed by atoms with van der Waals surface area (Å²) < 4.78 is 0. The molecule has 0 aromatic heterocycles. The van der Waals surface area contributed by atoms with Crippen LogP contribution in [0.3, 0.4) is 0 Å². The van der Waals surface area contributed by atoms with Gasteiger partial charge in [0.05, 0.1) is 0 Å². The molecule has 2 aromatic rings. The Morgan fingerprint density at radius 2 is 1.14 bits per heavy atom. The zero-order valence-corrected chi connectivity index (χ0v) is 19.7. The predicted octanol–water partition coefficient (Wildman–Crippen LogP) is 6.23. The van der Waals surface area contributed by atoms with Gasteiger partial charge in [-0.15, -0.1) is 46.2 Å². The number of unbranched alkanes of at least 4 members (excludes halogenated alkanes) is 12. The molecule has 0 heterocycles. The zero-order valence-electron chi connectivity index (χ0n) is 19.7. The van der Waals surface area contributed by atoms with E-state index in [1.165, 1.54) is 119 Å². The van der Waals surface area contributed by atoms with Crippen molar-refractivity contribution in [2.45, 2.75) is 117 Å². The van der Waals surface area contributed by atoms with Crippen molar-refractivity contribution in [1.82, 2.24) is 0 Å². The monoisotopic (exact) mass is 386 g/mol. The van der Waals surface area contributed by atoms with Crippen molar-refractivity contribution in [1.29, 1.82) is 0 Å². The van der Waals surface area contributed by atoms with E-state index in [-0.39, 0.29) is 18.9 Å². The van der Waals surface area contributed by atoms with E-state index in [9.17, 15) is 0 Å². The molecule has 29 heavy (non-hydrogen) atoms. The summed E-state index contributed by atoms with van der Waals surface area (Å²) in [5.41, 5.74) is 3.07. The average Bonchev–Trinajstić information content (AvgIpc) is 2.72. The van der Waals surface area contributed by atoms with Crippen LogP contribution in [0.25, 0.3) is 10.8 Å². The Morgan fingerprint density at radius 3 is 1.76 bits per heavy atom. The van der Waals surface area contributed by atoms with Gasteiger partial charge in [-0.25, -0.2) is 0 Å². The van der Waals surface area contributed by atoms with Crippen LogP contribution in [0.2, 0.25) is 0 Å². The Bertz CT molecular complexity index is 589. The zero-order chi connectivity index (χ0) is 19.9. The second kappa shape index (κ2) is 17.0. The van der Waals surface area contributed by atoms with Crippen molar-refractivity contribution in [3.63, 3.8) is 0 Å². The van der Waals surface area contributed by atoms with E-state index in [1.54, 1.807) is 5.56 Å². The van der Waals surface area contributed by atoms with E-state index in [2.05, 4.69) is 50.2 Å². The van der Waals surface area contributed by atoms with Crippen molar-refractivity contribution in [2.75, 3.05) is 0 Å². The molecule has 0 saturated carbocycles. The van der Waals surface area contributed by atoms with E-state index < -0.39 is 0 Å². The second-order valence-corrected chi connectivity index (χ2v) is 8.60. The van der Waals surface area contributed by atoms with E-state index >= 15 is 0 Å². The average molecular weight is 387 g/mol. The molecule has 0 amide bonds. The first-order valence-corrected chi connectivity index (χ1v) is 12.3. The molecule has 156 valence electrons. The second-order valence-electron chi connectivity index (χ2n) is 8.60. The number of hydrogen-bond acceptors (Lipinski definition) is 0. The Morgan fingerprint density at radius 1 is 0.621 bits per heavy atom. The molecular weight excluding hydrogens is 343 g/mol. The molecular formula is C28H43Li. The molecule has 2 rings (SSSR count). The summed E-state index contributed by atoms with van der Waals surface area (Å²) in [5, 5.41) is 2.66. The maximum absolute atomic E-state index is 3.78. The molecule has 0 N–H and O–H groups in total. The van der Waals surface area contributed by atoms with Crippen LogP contribution in [0.5, 0.6) is 0 Å². The maximum Gasteiger partial charge on any atom is 1.00 e. The van der Waals surface area contributed by atoms with Crippen LogP contribution in [0.4, 0.5) is 0 Å². The number of benzene rings is 2. The van der Waals surface area contributed by atoms with Crippen LogP contribution in [0.15, 0.2) is 30.3 Å².